The SMILES string of the molecule is CCC1c2ccccc2C(c2ccccc2)n2nc(C)cc21. The molecule has 0 amide bonds. The average molecular weight is 288 g/mol. The molecule has 1 aliphatic rings. The van der Waals surface area contributed by atoms with Gasteiger partial charge in [0.2, 0.25) is 0 Å². The van der Waals surface area contributed by atoms with E-state index in [0.717, 1.165) is 12.1 Å². The zero-order valence-corrected chi connectivity index (χ0v) is 13.0. The molecule has 1 aromatic heterocycles. The lowest BCUT2D eigenvalue weighted by molar-refractivity contribution is 0.507. The molecule has 2 atom stereocenters. The number of hydrogen-bond donors (Lipinski definition) is 0. The van der Waals surface area contributed by atoms with E-state index in [2.05, 4.69) is 79.2 Å². The summed E-state index contributed by atoms with van der Waals surface area (Å²) in [5, 5.41) is 4.82. The van der Waals surface area contributed by atoms with Crippen molar-refractivity contribution in [2.75, 3.05) is 0 Å². The van der Waals surface area contributed by atoms with Crippen molar-refractivity contribution in [2.24, 2.45) is 0 Å². The van der Waals surface area contributed by atoms with Crippen molar-refractivity contribution >= 4 is 0 Å². The number of rotatable bonds is 2. The second kappa shape index (κ2) is 5.13. The number of aryl methyl sites for hydroxylation is 1. The Hall–Kier alpha value is -2.35. The number of benzene rings is 2. The topological polar surface area (TPSA) is 17.8 Å². The molecule has 0 bridgehead atoms. The molecule has 3 aromatic rings. The molecule has 0 fully saturated rings. The van der Waals surface area contributed by atoms with Gasteiger partial charge in [-0.15, -0.1) is 0 Å². The molecular formula is C20H20N2. The van der Waals surface area contributed by atoms with Crippen LogP contribution in [0.3, 0.4) is 0 Å². The van der Waals surface area contributed by atoms with Gasteiger partial charge >= 0.3 is 0 Å². The third kappa shape index (κ3) is 1.91. The molecule has 0 aliphatic carbocycles. The molecule has 110 valence electrons. The van der Waals surface area contributed by atoms with Gasteiger partial charge in [0.1, 0.15) is 6.04 Å². The first-order valence-electron chi connectivity index (χ1n) is 7.99. The molecule has 0 saturated carbocycles. The second-order valence-electron chi connectivity index (χ2n) is 6.06. The Bertz CT molecular complexity index is 802. The normalized spacial score (nSPS) is 19.5. The Labute approximate surface area is 131 Å². The highest BCUT2D eigenvalue weighted by atomic mass is 15.3. The van der Waals surface area contributed by atoms with E-state index in [-0.39, 0.29) is 6.04 Å². The largest absolute Gasteiger partial charge is 0.257 e. The first-order valence-corrected chi connectivity index (χ1v) is 7.99. The maximum atomic E-state index is 4.82. The van der Waals surface area contributed by atoms with Crippen molar-refractivity contribution in [1.82, 2.24) is 9.78 Å². The predicted molar refractivity (Wildman–Crippen MR) is 89.2 cm³/mol. The molecule has 0 N–H and O–H groups in total. The summed E-state index contributed by atoms with van der Waals surface area (Å²) in [6, 6.07) is 22.0. The van der Waals surface area contributed by atoms with Crippen molar-refractivity contribution in [3.8, 4) is 0 Å². The minimum Gasteiger partial charge on any atom is -0.257 e. The summed E-state index contributed by atoms with van der Waals surface area (Å²) < 4.78 is 2.24. The van der Waals surface area contributed by atoms with Crippen LogP contribution in [0.5, 0.6) is 0 Å². The minimum atomic E-state index is 0.184. The summed E-state index contributed by atoms with van der Waals surface area (Å²) in [5.41, 5.74) is 6.57. The van der Waals surface area contributed by atoms with Crippen LogP contribution in [0.2, 0.25) is 0 Å². The van der Waals surface area contributed by atoms with Crippen LogP contribution in [-0.4, -0.2) is 9.78 Å². The van der Waals surface area contributed by atoms with Gasteiger partial charge in [-0.25, -0.2) is 0 Å². The number of aromatic nitrogens is 2. The molecule has 0 radical (unpaired) electrons. The van der Waals surface area contributed by atoms with Crippen LogP contribution in [0.4, 0.5) is 0 Å². The molecule has 2 nitrogen and oxygen atoms in total. The van der Waals surface area contributed by atoms with Gasteiger partial charge in [0.25, 0.3) is 0 Å². The van der Waals surface area contributed by atoms with E-state index in [1.807, 2.05) is 0 Å². The first kappa shape index (κ1) is 13.3. The predicted octanol–water partition coefficient (Wildman–Crippen LogP) is 4.68. The molecule has 2 heterocycles. The third-order valence-electron chi connectivity index (χ3n) is 4.68. The fraction of sp³-hybridized carbons (Fsp3) is 0.250. The van der Waals surface area contributed by atoms with Gasteiger partial charge < -0.3 is 0 Å². The summed E-state index contributed by atoms with van der Waals surface area (Å²) in [6.07, 6.45) is 1.10. The molecule has 0 saturated heterocycles. The van der Waals surface area contributed by atoms with Crippen LogP contribution in [0.1, 0.15) is 53.4 Å². The Kier molecular flexibility index (Phi) is 3.11. The molecule has 2 heteroatoms. The van der Waals surface area contributed by atoms with E-state index >= 15 is 0 Å². The van der Waals surface area contributed by atoms with Gasteiger partial charge in [-0.05, 0) is 36.1 Å². The monoisotopic (exact) mass is 288 g/mol. The Balaban J connectivity index is 2.00. The van der Waals surface area contributed by atoms with Crippen LogP contribution in [-0.2, 0) is 0 Å². The van der Waals surface area contributed by atoms with Crippen molar-refractivity contribution < 1.29 is 0 Å². The van der Waals surface area contributed by atoms with Crippen molar-refractivity contribution in [1.29, 1.82) is 0 Å². The van der Waals surface area contributed by atoms with Crippen LogP contribution >= 0.6 is 0 Å². The van der Waals surface area contributed by atoms with Gasteiger partial charge in [-0.3, -0.25) is 4.68 Å². The van der Waals surface area contributed by atoms with Crippen LogP contribution < -0.4 is 0 Å². The summed E-state index contributed by atoms with van der Waals surface area (Å²) in [6.45, 7) is 4.35. The van der Waals surface area contributed by atoms with Crippen molar-refractivity contribution in [2.45, 2.75) is 32.2 Å². The number of nitrogens with zero attached hydrogens (tertiary/aromatic N) is 2. The van der Waals surface area contributed by atoms with Gasteiger partial charge in [-0.2, -0.15) is 5.10 Å². The summed E-state index contributed by atoms with van der Waals surface area (Å²) in [5.74, 6) is 0.442. The highest BCUT2D eigenvalue weighted by molar-refractivity contribution is 5.46. The van der Waals surface area contributed by atoms with Gasteiger partial charge in [0.05, 0.1) is 5.69 Å². The van der Waals surface area contributed by atoms with E-state index in [0.29, 0.717) is 5.92 Å². The van der Waals surface area contributed by atoms with E-state index in [4.69, 9.17) is 5.10 Å². The molecule has 22 heavy (non-hydrogen) atoms. The maximum Gasteiger partial charge on any atom is 0.102 e. The highest BCUT2D eigenvalue weighted by Gasteiger charge is 2.32. The lowest BCUT2D eigenvalue weighted by atomic mass is 9.81. The third-order valence-corrected chi connectivity index (χ3v) is 4.68. The molecular weight excluding hydrogens is 268 g/mol. The van der Waals surface area contributed by atoms with Crippen LogP contribution in [0, 0.1) is 6.92 Å². The molecule has 0 spiro atoms. The van der Waals surface area contributed by atoms with Gasteiger partial charge in [0, 0.05) is 11.6 Å². The quantitative estimate of drug-likeness (QED) is 0.669. The van der Waals surface area contributed by atoms with Gasteiger partial charge in [0.15, 0.2) is 0 Å². The smallest absolute Gasteiger partial charge is 0.102 e. The fourth-order valence-electron chi connectivity index (χ4n) is 3.76. The van der Waals surface area contributed by atoms with Crippen LogP contribution in [0.25, 0.3) is 0 Å². The fourth-order valence-corrected chi connectivity index (χ4v) is 3.76. The second-order valence-corrected chi connectivity index (χ2v) is 6.06. The van der Waals surface area contributed by atoms with Crippen LogP contribution in [0.15, 0.2) is 60.7 Å². The zero-order chi connectivity index (χ0) is 15.1. The Morgan fingerprint density at radius 2 is 1.64 bits per heavy atom. The van der Waals surface area contributed by atoms with Gasteiger partial charge in [-0.1, -0.05) is 61.5 Å². The summed E-state index contributed by atoms with van der Waals surface area (Å²) in [4.78, 5) is 0. The molecule has 1 aliphatic heterocycles. The molecule has 4 rings (SSSR count). The minimum absolute atomic E-state index is 0.184. The highest BCUT2D eigenvalue weighted by Crippen LogP contribution is 2.42. The lowest BCUT2D eigenvalue weighted by Crippen LogP contribution is -2.25. The molecule has 2 unspecified atom stereocenters. The summed E-state index contributed by atoms with van der Waals surface area (Å²) in [7, 11) is 0. The number of hydrogen-bond acceptors (Lipinski definition) is 1. The first-order chi connectivity index (χ1) is 10.8. The summed E-state index contributed by atoms with van der Waals surface area (Å²) >= 11 is 0. The van der Waals surface area contributed by atoms with E-state index < -0.39 is 0 Å². The maximum absolute atomic E-state index is 4.82. The van der Waals surface area contributed by atoms with Crippen molar-refractivity contribution in [3.05, 3.63) is 88.7 Å². The van der Waals surface area contributed by atoms with E-state index in [9.17, 15) is 0 Å². The van der Waals surface area contributed by atoms with E-state index in [1.165, 1.54) is 22.4 Å². The van der Waals surface area contributed by atoms with Crippen molar-refractivity contribution in [3.63, 3.8) is 0 Å². The lowest BCUT2D eigenvalue weighted by Gasteiger charge is -2.33. The molecule has 2 aromatic carbocycles. The Morgan fingerprint density at radius 3 is 2.36 bits per heavy atom. The number of fused-ring (bicyclic) bond motifs is 2. The zero-order valence-electron chi connectivity index (χ0n) is 13.0. The average Bonchev–Trinajstić information content (AvgIpc) is 2.93. The Morgan fingerprint density at radius 1 is 0.955 bits per heavy atom. The van der Waals surface area contributed by atoms with E-state index in [1.54, 1.807) is 0 Å². The standard InChI is InChI=1S/C20H20N2/c1-3-16-17-11-7-8-12-18(17)20(15-9-5-4-6-10-15)22-19(16)13-14(2)21-22/h4-13,16,20H,3H2,1-2H3.